The van der Waals surface area contributed by atoms with Crippen molar-refractivity contribution in [3.05, 3.63) is 23.0 Å². The second kappa shape index (κ2) is 4.27. The number of hydrogen-bond donors (Lipinski definition) is 1. The third-order valence-electron chi connectivity index (χ3n) is 2.53. The first-order chi connectivity index (χ1) is 6.60. The predicted octanol–water partition coefficient (Wildman–Crippen LogP) is 1.05. The van der Waals surface area contributed by atoms with Gasteiger partial charge in [-0.25, -0.2) is 0 Å². The minimum atomic E-state index is -0.520. The molecule has 0 saturated carbocycles. The van der Waals surface area contributed by atoms with E-state index in [0.29, 0.717) is 29.6 Å². The van der Waals surface area contributed by atoms with Crippen molar-refractivity contribution < 1.29 is 14.7 Å². The van der Waals surface area contributed by atoms with Crippen molar-refractivity contribution in [1.29, 1.82) is 0 Å². The first kappa shape index (κ1) is 10.8. The molecule has 0 spiro atoms. The van der Waals surface area contributed by atoms with Crippen molar-refractivity contribution in [3.8, 4) is 0 Å². The van der Waals surface area contributed by atoms with Gasteiger partial charge < -0.3 is 14.7 Å². The van der Waals surface area contributed by atoms with Crippen LogP contribution in [0.4, 0.5) is 0 Å². The summed E-state index contributed by atoms with van der Waals surface area (Å²) < 4.78 is 0. The maximum absolute atomic E-state index is 11.0. The van der Waals surface area contributed by atoms with Crippen molar-refractivity contribution in [3.63, 3.8) is 0 Å². The second-order valence-electron chi connectivity index (χ2n) is 3.43. The average Bonchev–Trinajstić information content (AvgIpc) is 2.17. The SMILES string of the molecule is [B]C(=O)C1=C(C)/C(=C/O)CC(C=O)C1. The molecule has 72 valence electrons. The molecule has 1 N–H and O–H groups in total. The van der Waals surface area contributed by atoms with Crippen LogP contribution in [0.5, 0.6) is 0 Å². The van der Waals surface area contributed by atoms with Crippen LogP contribution in [0.15, 0.2) is 23.0 Å². The van der Waals surface area contributed by atoms with Gasteiger partial charge in [-0.1, -0.05) is 0 Å². The molecular formula is C10H11BO3. The average molecular weight is 190 g/mol. The van der Waals surface area contributed by atoms with Crippen molar-refractivity contribution in [2.45, 2.75) is 19.8 Å². The molecule has 1 rings (SSSR count). The maximum Gasteiger partial charge on any atom is 0.174 e. The Morgan fingerprint density at radius 3 is 2.64 bits per heavy atom. The first-order valence-electron chi connectivity index (χ1n) is 4.38. The van der Waals surface area contributed by atoms with Gasteiger partial charge in [0.25, 0.3) is 0 Å². The van der Waals surface area contributed by atoms with E-state index in [1.807, 2.05) is 0 Å². The third kappa shape index (κ3) is 1.95. The number of carbonyl (C=O) groups is 2. The Morgan fingerprint density at radius 1 is 1.57 bits per heavy atom. The summed E-state index contributed by atoms with van der Waals surface area (Å²) in [4.78, 5) is 21.6. The minimum Gasteiger partial charge on any atom is -0.515 e. The van der Waals surface area contributed by atoms with Crippen molar-refractivity contribution >= 4 is 19.8 Å². The molecular weight excluding hydrogens is 179 g/mol. The van der Waals surface area contributed by atoms with Crippen LogP contribution in [0.1, 0.15) is 19.8 Å². The lowest BCUT2D eigenvalue weighted by atomic mass is 9.77. The summed E-state index contributed by atoms with van der Waals surface area (Å²) >= 11 is 0. The first-order valence-corrected chi connectivity index (χ1v) is 4.38. The fourth-order valence-corrected chi connectivity index (χ4v) is 1.65. The molecule has 0 heterocycles. The Bertz CT molecular complexity index is 328. The molecule has 2 radical (unpaired) electrons. The van der Waals surface area contributed by atoms with E-state index in [0.717, 1.165) is 12.5 Å². The number of aliphatic hydroxyl groups excluding tert-OH is 1. The summed E-state index contributed by atoms with van der Waals surface area (Å²) in [5, 5.41) is 8.91. The molecule has 0 fully saturated rings. The van der Waals surface area contributed by atoms with Gasteiger partial charge in [0.1, 0.15) is 12.0 Å². The molecule has 0 bridgehead atoms. The number of allylic oxidation sites excluding steroid dienone is 3. The van der Waals surface area contributed by atoms with Crippen LogP contribution in [0, 0.1) is 5.92 Å². The van der Waals surface area contributed by atoms with E-state index in [2.05, 4.69) is 0 Å². The van der Waals surface area contributed by atoms with Gasteiger partial charge in [-0.05, 0) is 36.5 Å². The van der Waals surface area contributed by atoms with E-state index in [9.17, 15) is 9.59 Å². The Hall–Kier alpha value is -1.32. The van der Waals surface area contributed by atoms with E-state index >= 15 is 0 Å². The summed E-state index contributed by atoms with van der Waals surface area (Å²) in [6, 6.07) is 0. The highest BCUT2D eigenvalue weighted by Crippen LogP contribution is 2.32. The lowest BCUT2D eigenvalue weighted by molar-refractivity contribution is -0.111. The number of rotatable bonds is 2. The molecule has 14 heavy (non-hydrogen) atoms. The van der Waals surface area contributed by atoms with Crippen LogP contribution >= 0.6 is 0 Å². The monoisotopic (exact) mass is 190 g/mol. The molecule has 0 aromatic heterocycles. The second-order valence-corrected chi connectivity index (χ2v) is 3.43. The fourth-order valence-electron chi connectivity index (χ4n) is 1.65. The third-order valence-corrected chi connectivity index (χ3v) is 2.53. The smallest absolute Gasteiger partial charge is 0.174 e. The van der Waals surface area contributed by atoms with Crippen LogP contribution in [-0.2, 0) is 9.59 Å². The molecule has 1 unspecified atom stereocenters. The highest BCUT2D eigenvalue weighted by atomic mass is 16.2. The van der Waals surface area contributed by atoms with Gasteiger partial charge in [0.05, 0.1) is 6.26 Å². The predicted molar refractivity (Wildman–Crippen MR) is 53.0 cm³/mol. The van der Waals surface area contributed by atoms with Crippen LogP contribution < -0.4 is 0 Å². The summed E-state index contributed by atoms with van der Waals surface area (Å²) in [5.74, 6) is -0.250. The molecule has 0 aromatic rings. The number of aldehydes is 1. The molecule has 1 atom stereocenters. The largest absolute Gasteiger partial charge is 0.515 e. The minimum absolute atomic E-state index is 0.250. The Labute approximate surface area is 83.9 Å². The van der Waals surface area contributed by atoms with Crippen LogP contribution in [0.2, 0.25) is 0 Å². The number of hydrogen-bond acceptors (Lipinski definition) is 3. The summed E-state index contributed by atoms with van der Waals surface area (Å²) in [7, 11) is 5.17. The zero-order chi connectivity index (χ0) is 10.7. The van der Waals surface area contributed by atoms with Crippen LogP contribution in [-0.4, -0.2) is 24.9 Å². The van der Waals surface area contributed by atoms with Gasteiger partial charge in [0.2, 0.25) is 0 Å². The van der Waals surface area contributed by atoms with Crippen LogP contribution in [0.3, 0.4) is 0 Å². The van der Waals surface area contributed by atoms with Gasteiger partial charge in [-0.15, -0.1) is 0 Å². The lowest BCUT2D eigenvalue weighted by Crippen LogP contribution is -2.18. The fraction of sp³-hybridized carbons (Fsp3) is 0.400. The molecule has 4 heteroatoms. The summed E-state index contributed by atoms with van der Waals surface area (Å²) in [6.45, 7) is 1.73. The van der Waals surface area contributed by atoms with E-state index in [1.54, 1.807) is 6.92 Å². The summed E-state index contributed by atoms with van der Waals surface area (Å²) in [6.07, 6.45) is 2.58. The van der Waals surface area contributed by atoms with Gasteiger partial charge in [0, 0.05) is 5.92 Å². The van der Waals surface area contributed by atoms with Gasteiger partial charge in [-0.3, -0.25) is 0 Å². The van der Waals surface area contributed by atoms with E-state index in [1.165, 1.54) is 0 Å². The Kier molecular flexibility index (Phi) is 3.28. The maximum atomic E-state index is 11.0. The quantitative estimate of drug-likeness (QED) is 0.402. The van der Waals surface area contributed by atoms with Crippen LogP contribution in [0.25, 0.3) is 0 Å². The van der Waals surface area contributed by atoms with Crippen molar-refractivity contribution in [2.75, 3.05) is 0 Å². The van der Waals surface area contributed by atoms with Gasteiger partial charge >= 0.3 is 0 Å². The molecule has 3 nitrogen and oxygen atoms in total. The standard InChI is InChI=1S/C10H11BO3/c1-6-8(5-13)2-7(4-12)3-9(6)10(11)14/h4-5,7,13H,2-3H2,1H3/b8-5+. The molecule has 1 aliphatic rings. The van der Waals surface area contributed by atoms with Gasteiger partial charge in [-0.2, -0.15) is 0 Å². The van der Waals surface area contributed by atoms with E-state index < -0.39 is 5.68 Å². The van der Waals surface area contributed by atoms with Gasteiger partial charge in [0.15, 0.2) is 7.85 Å². The topological polar surface area (TPSA) is 54.4 Å². The zero-order valence-electron chi connectivity index (χ0n) is 7.99. The number of aliphatic hydroxyl groups is 1. The zero-order valence-corrected chi connectivity index (χ0v) is 7.99. The summed E-state index contributed by atoms with van der Waals surface area (Å²) in [5.41, 5.74) is 1.22. The number of carbonyl (C=O) groups excluding carboxylic acids is 2. The molecule has 1 aliphatic carbocycles. The lowest BCUT2D eigenvalue weighted by Gasteiger charge is -2.22. The van der Waals surface area contributed by atoms with Crippen molar-refractivity contribution in [2.24, 2.45) is 5.92 Å². The molecule has 0 aliphatic heterocycles. The Balaban J connectivity index is 3.10. The van der Waals surface area contributed by atoms with Crippen molar-refractivity contribution in [1.82, 2.24) is 0 Å². The van der Waals surface area contributed by atoms with E-state index in [4.69, 9.17) is 13.0 Å². The molecule has 0 aromatic carbocycles. The van der Waals surface area contributed by atoms with E-state index in [-0.39, 0.29) is 5.92 Å². The normalized spacial score (nSPS) is 25.2. The molecule has 0 amide bonds. The molecule has 0 saturated heterocycles. The highest BCUT2D eigenvalue weighted by Gasteiger charge is 2.24. The highest BCUT2D eigenvalue weighted by molar-refractivity contribution is 6.62. The Morgan fingerprint density at radius 2 is 2.21 bits per heavy atom.